The van der Waals surface area contributed by atoms with E-state index in [1.165, 1.54) is 13.0 Å². The molecule has 1 rings (SSSR count). The zero-order chi connectivity index (χ0) is 15.0. The molecule has 5 nitrogen and oxygen atoms in total. The highest BCUT2D eigenvalue weighted by atomic mass is 16.2. The minimum atomic E-state index is -0.535. The molecule has 0 saturated carbocycles. The lowest BCUT2D eigenvalue weighted by Gasteiger charge is -2.13. The molecule has 0 bridgehead atoms. The minimum absolute atomic E-state index is 0.354. The van der Waals surface area contributed by atoms with Gasteiger partial charge >= 0.3 is 0 Å². The molecule has 105 valence electrons. The van der Waals surface area contributed by atoms with E-state index in [-0.39, 0.29) is 6.54 Å². The van der Waals surface area contributed by atoms with Crippen LogP contribution < -0.4 is 5.32 Å². The Hall–Kier alpha value is -2.43. The number of carbonyl (C=O) groups excluding carboxylic acids is 3. The number of amides is 2. The first-order chi connectivity index (χ1) is 9.60. The van der Waals surface area contributed by atoms with Gasteiger partial charge in [-0.3, -0.25) is 19.3 Å². The molecule has 1 N–H and O–H groups in total. The molecule has 0 atom stereocenters. The number of carbonyl (C=O) groups is 2. The topological polar surface area (TPSA) is 66.5 Å². The lowest BCUT2D eigenvalue weighted by Crippen LogP contribution is -2.35. The number of nitrogens with one attached hydrogen (secondary N) is 1. The van der Waals surface area contributed by atoms with Crippen LogP contribution in [0.15, 0.2) is 30.3 Å². The molecule has 1 aromatic carbocycles. The second kappa shape index (κ2) is 7.89. The van der Waals surface area contributed by atoms with E-state index in [9.17, 15) is 14.4 Å². The maximum Gasteiger partial charge on any atom is 0.253 e. The third-order valence-electron chi connectivity index (χ3n) is 2.60. The second-order valence-corrected chi connectivity index (χ2v) is 4.04. The van der Waals surface area contributed by atoms with Crippen molar-refractivity contribution in [3.63, 3.8) is 0 Å². The van der Waals surface area contributed by atoms with Crippen LogP contribution in [0.3, 0.4) is 0 Å². The Bertz CT molecular complexity index is 524. The maximum absolute atomic E-state index is 11.8. The summed E-state index contributed by atoms with van der Waals surface area (Å²) in [5, 5.41) is 3.17. The molecule has 0 aliphatic carbocycles. The van der Waals surface area contributed by atoms with Crippen molar-refractivity contribution in [1.29, 1.82) is 0 Å². The fourth-order valence-corrected chi connectivity index (χ4v) is 1.65. The van der Waals surface area contributed by atoms with Gasteiger partial charge in [-0.05, 0) is 24.6 Å². The summed E-state index contributed by atoms with van der Waals surface area (Å²) >= 11 is 0. The zero-order valence-corrected chi connectivity index (χ0v) is 11.6. The molecule has 20 heavy (non-hydrogen) atoms. The number of para-hydroxylation sites is 1. The first kappa shape index (κ1) is 15.6. The summed E-state index contributed by atoms with van der Waals surface area (Å²) in [6.45, 7) is 3.62. The predicted molar refractivity (Wildman–Crippen MR) is 77.7 cm³/mol. The molecule has 0 spiro atoms. The van der Waals surface area contributed by atoms with Gasteiger partial charge in [-0.1, -0.05) is 18.2 Å². The maximum atomic E-state index is 11.8. The van der Waals surface area contributed by atoms with Crippen LogP contribution in [-0.2, 0) is 14.4 Å². The first-order valence-corrected chi connectivity index (χ1v) is 6.28. The van der Waals surface area contributed by atoms with Gasteiger partial charge in [0.1, 0.15) is 0 Å². The van der Waals surface area contributed by atoms with E-state index in [1.54, 1.807) is 12.4 Å². The standard InChI is InChI=1S/C15H17N2O3/c1-3-16-14-7-5-4-6-13(14)8-9-15(20)17(10-11-18)12(2)19/h4-9,16H,3,10H2,1-2H3/b9-8+. The molecule has 0 heterocycles. The molecule has 0 aromatic heterocycles. The fourth-order valence-electron chi connectivity index (χ4n) is 1.65. The van der Waals surface area contributed by atoms with Gasteiger partial charge in [0.25, 0.3) is 5.91 Å². The van der Waals surface area contributed by atoms with E-state index in [2.05, 4.69) is 5.32 Å². The summed E-state index contributed by atoms with van der Waals surface area (Å²) in [5.74, 6) is -1.02. The van der Waals surface area contributed by atoms with Gasteiger partial charge in [-0.2, -0.15) is 0 Å². The summed E-state index contributed by atoms with van der Waals surface area (Å²) in [6.07, 6.45) is 4.43. The average molecular weight is 273 g/mol. The first-order valence-electron chi connectivity index (χ1n) is 6.28. The third-order valence-corrected chi connectivity index (χ3v) is 2.60. The van der Waals surface area contributed by atoms with E-state index < -0.39 is 11.8 Å². The van der Waals surface area contributed by atoms with Gasteiger partial charge in [0.2, 0.25) is 12.2 Å². The van der Waals surface area contributed by atoms with Crippen LogP contribution >= 0.6 is 0 Å². The molecular formula is C15H17N2O3. The van der Waals surface area contributed by atoms with E-state index >= 15 is 0 Å². The van der Waals surface area contributed by atoms with Crippen LogP contribution in [0.2, 0.25) is 0 Å². The smallest absolute Gasteiger partial charge is 0.253 e. The Morgan fingerprint density at radius 2 is 2.05 bits per heavy atom. The fraction of sp³-hybridized carbons (Fsp3) is 0.267. The Kier molecular flexibility index (Phi) is 6.16. The second-order valence-electron chi connectivity index (χ2n) is 4.04. The Morgan fingerprint density at radius 3 is 2.65 bits per heavy atom. The lowest BCUT2D eigenvalue weighted by atomic mass is 10.1. The van der Waals surface area contributed by atoms with E-state index in [0.717, 1.165) is 22.7 Å². The van der Waals surface area contributed by atoms with Gasteiger partial charge in [0, 0.05) is 25.2 Å². The normalized spacial score (nSPS) is 10.3. The van der Waals surface area contributed by atoms with Crippen molar-refractivity contribution < 1.29 is 14.4 Å². The van der Waals surface area contributed by atoms with Crippen molar-refractivity contribution in [3.05, 3.63) is 35.9 Å². The number of hydrogen-bond acceptors (Lipinski definition) is 4. The average Bonchev–Trinajstić information content (AvgIpc) is 2.43. The molecule has 5 heteroatoms. The molecule has 0 aliphatic rings. The lowest BCUT2D eigenvalue weighted by molar-refractivity contribution is -0.139. The van der Waals surface area contributed by atoms with E-state index in [4.69, 9.17) is 0 Å². The van der Waals surface area contributed by atoms with Crippen LogP contribution in [0, 0.1) is 0 Å². The molecule has 2 amide bonds. The van der Waals surface area contributed by atoms with Gasteiger partial charge in [-0.25, -0.2) is 0 Å². The molecule has 0 aliphatic heterocycles. The quantitative estimate of drug-likeness (QED) is 0.800. The number of anilines is 1. The molecule has 1 radical (unpaired) electrons. The summed E-state index contributed by atoms with van der Waals surface area (Å²) in [6, 6.07) is 7.49. The molecule has 0 unspecified atom stereocenters. The Morgan fingerprint density at radius 1 is 1.35 bits per heavy atom. The predicted octanol–water partition coefficient (Wildman–Crippen LogP) is 1.62. The SMILES string of the molecule is CCNc1ccccc1/C=C/C(=O)N(C[C]=O)C(C)=O. The van der Waals surface area contributed by atoms with Crippen molar-refractivity contribution >= 4 is 29.9 Å². The van der Waals surface area contributed by atoms with Gasteiger partial charge < -0.3 is 5.32 Å². The van der Waals surface area contributed by atoms with Gasteiger partial charge in [0.05, 0.1) is 6.54 Å². The highest BCUT2D eigenvalue weighted by Gasteiger charge is 2.14. The van der Waals surface area contributed by atoms with Crippen LogP contribution in [-0.4, -0.2) is 36.1 Å². The molecule has 0 saturated heterocycles. The third kappa shape index (κ3) is 4.35. The molecule has 0 fully saturated rings. The van der Waals surface area contributed by atoms with Crippen molar-refractivity contribution in [2.75, 3.05) is 18.4 Å². The van der Waals surface area contributed by atoms with E-state index in [1.807, 2.05) is 31.2 Å². The number of rotatable bonds is 6. The van der Waals surface area contributed by atoms with Crippen molar-refractivity contribution in [2.24, 2.45) is 0 Å². The zero-order valence-electron chi connectivity index (χ0n) is 11.6. The summed E-state index contributed by atoms with van der Waals surface area (Å²) in [4.78, 5) is 34.2. The number of hydrogen-bond donors (Lipinski definition) is 1. The largest absolute Gasteiger partial charge is 0.385 e. The van der Waals surface area contributed by atoms with Crippen molar-refractivity contribution in [2.45, 2.75) is 13.8 Å². The van der Waals surface area contributed by atoms with Crippen LogP contribution in [0.25, 0.3) is 6.08 Å². The van der Waals surface area contributed by atoms with Crippen LogP contribution in [0.1, 0.15) is 19.4 Å². The van der Waals surface area contributed by atoms with Crippen molar-refractivity contribution in [1.82, 2.24) is 4.90 Å². The number of nitrogens with zero attached hydrogens (tertiary/aromatic N) is 1. The number of imide groups is 1. The highest BCUT2D eigenvalue weighted by Crippen LogP contribution is 2.16. The van der Waals surface area contributed by atoms with Crippen molar-refractivity contribution in [3.8, 4) is 0 Å². The molecular weight excluding hydrogens is 256 g/mol. The summed E-state index contributed by atoms with van der Waals surface area (Å²) < 4.78 is 0. The Balaban J connectivity index is 2.88. The minimum Gasteiger partial charge on any atom is -0.385 e. The van der Waals surface area contributed by atoms with Gasteiger partial charge in [0.15, 0.2) is 0 Å². The number of benzene rings is 1. The molecule has 1 aromatic rings. The summed E-state index contributed by atoms with van der Waals surface area (Å²) in [7, 11) is 0. The van der Waals surface area contributed by atoms with E-state index in [0.29, 0.717) is 0 Å². The van der Waals surface area contributed by atoms with Gasteiger partial charge in [-0.15, -0.1) is 0 Å². The highest BCUT2D eigenvalue weighted by molar-refractivity contribution is 6.03. The summed E-state index contributed by atoms with van der Waals surface area (Å²) in [5.41, 5.74) is 1.73. The van der Waals surface area contributed by atoms with Crippen LogP contribution in [0.5, 0.6) is 0 Å². The van der Waals surface area contributed by atoms with Crippen LogP contribution in [0.4, 0.5) is 5.69 Å². The Labute approximate surface area is 118 Å². The monoisotopic (exact) mass is 273 g/mol.